The number of ether oxygens (including phenoxy) is 1. The summed E-state index contributed by atoms with van der Waals surface area (Å²) >= 11 is 0. The number of methoxy groups -OCH3 is 1. The quantitative estimate of drug-likeness (QED) is 0.214. The standard InChI is InChI=1S/C19H34O3/c1-3-4-5-6-7-9-12-15-18(20)16-13-10-8-11-14-17-19(21)22-2/h8,11,14,17-18,20H,3-7,9-10,12-13,15-16H2,1-2H3/t18-/m1/s1. The van der Waals surface area contributed by atoms with Gasteiger partial charge in [-0.1, -0.05) is 70.1 Å². The Morgan fingerprint density at radius 1 is 1.00 bits per heavy atom. The molecule has 22 heavy (non-hydrogen) atoms. The lowest BCUT2D eigenvalue weighted by Gasteiger charge is -2.09. The Morgan fingerprint density at radius 3 is 2.32 bits per heavy atom. The Morgan fingerprint density at radius 2 is 1.64 bits per heavy atom. The summed E-state index contributed by atoms with van der Waals surface area (Å²) < 4.78 is 4.49. The molecule has 0 aliphatic rings. The first-order valence-electron chi connectivity index (χ1n) is 8.80. The highest BCUT2D eigenvalue weighted by molar-refractivity contribution is 5.82. The molecule has 0 unspecified atom stereocenters. The van der Waals surface area contributed by atoms with Gasteiger partial charge in [0.2, 0.25) is 0 Å². The third-order valence-electron chi connectivity index (χ3n) is 3.73. The molecular weight excluding hydrogens is 276 g/mol. The molecule has 0 amide bonds. The van der Waals surface area contributed by atoms with Crippen molar-refractivity contribution in [3.63, 3.8) is 0 Å². The van der Waals surface area contributed by atoms with E-state index in [1.165, 1.54) is 51.7 Å². The van der Waals surface area contributed by atoms with Gasteiger partial charge in [0.15, 0.2) is 0 Å². The van der Waals surface area contributed by atoms with Crippen LogP contribution in [0.3, 0.4) is 0 Å². The van der Waals surface area contributed by atoms with Crippen molar-refractivity contribution in [2.75, 3.05) is 7.11 Å². The minimum atomic E-state index is -0.338. The average molecular weight is 310 g/mol. The van der Waals surface area contributed by atoms with Crippen LogP contribution in [0.4, 0.5) is 0 Å². The summed E-state index contributed by atoms with van der Waals surface area (Å²) in [6.45, 7) is 2.24. The zero-order chi connectivity index (χ0) is 16.5. The van der Waals surface area contributed by atoms with Crippen LogP contribution in [0, 0.1) is 0 Å². The Bertz CT molecular complexity index is 308. The zero-order valence-corrected chi connectivity index (χ0v) is 14.4. The number of hydrogen-bond donors (Lipinski definition) is 1. The van der Waals surface area contributed by atoms with Gasteiger partial charge in [-0.05, 0) is 25.7 Å². The monoisotopic (exact) mass is 310 g/mol. The van der Waals surface area contributed by atoms with E-state index in [1.54, 1.807) is 6.08 Å². The van der Waals surface area contributed by atoms with Gasteiger partial charge < -0.3 is 9.84 Å². The van der Waals surface area contributed by atoms with Gasteiger partial charge in [-0.3, -0.25) is 0 Å². The Balaban J connectivity index is 3.39. The van der Waals surface area contributed by atoms with Crippen molar-refractivity contribution in [2.45, 2.75) is 83.7 Å². The van der Waals surface area contributed by atoms with Gasteiger partial charge in [0.25, 0.3) is 0 Å². The Labute approximate surface area is 136 Å². The van der Waals surface area contributed by atoms with Gasteiger partial charge in [-0.2, -0.15) is 0 Å². The van der Waals surface area contributed by atoms with E-state index in [2.05, 4.69) is 11.7 Å². The van der Waals surface area contributed by atoms with Crippen LogP contribution in [-0.2, 0) is 9.53 Å². The minimum absolute atomic E-state index is 0.158. The van der Waals surface area contributed by atoms with Gasteiger partial charge >= 0.3 is 5.97 Å². The molecule has 128 valence electrons. The highest BCUT2D eigenvalue weighted by atomic mass is 16.5. The fraction of sp³-hybridized carbons (Fsp3) is 0.737. The number of rotatable bonds is 14. The molecule has 0 aromatic rings. The van der Waals surface area contributed by atoms with E-state index in [4.69, 9.17) is 0 Å². The maximum absolute atomic E-state index is 10.8. The van der Waals surface area contributed by atoms with Crippen LogP contribution in [0.15, 0.2) is 24.3 Å². The number of carbonyl (C=O) groups excluding carboxylic acids is 1. The Hall–Kier alpha value is -1.09. The predicted octanol–water partition coefficient (Wildman–Crippen LogP) is 4.94. The summed E-state index contributed by atoms with van der Waals surface area (Å²) in [7, 11) is 1.36. The molecule has 0 aliphatic heterocycles. The summed E-state index contributed by atoms with van der Waals surface area (Å²) in [4.78, 5) is 10.8. The molecule has 0 heterocycles. The summed E-state index contributed by atoms with van der Waals surface area (Å²) in [6, 6.07) is 0. The molecule has 1 N–H and O–H groups in total. The second kappa shape index (κ2) is 16.3. The largest absolute Gasteiger partial charge is 0.466 e. The van der Waals surface area contributed by atoms with Crippen LogP contribution >= 0.6 is 0 Å². The van der Waals surface area contributed by atoms with Crippen molar-refractivity contribution in [3.8, 4) is 0 Å². The number of unbranched alkanes of at least 4 members (excludes halogenated alkanes) is 7. The fourth-order valence-corrected chi connectivity index (χ4v) is 2.33. The van der Waals surface area contributed by atoms with E-state index in [1.807, 2.05) is 12.2 Å². The fourth-order valence-electron chi connectivity index (χ4n) is 2.33. The summed E-state index contributed by atoms with van der Waals surface area (Å²) in [5.41, 5.74) is 0. The van der Waals surface area contributed by atoms with Crippen LogP contribution in [0.5, 0.6) is 0 Å². The van der Waals surface area contributed by atoms with E-state index in [-0.39, 0.29) is 12.1 Å². The maximum atomic E-state index is 10.8. The highest BCUT2D eigenvalue weighted by Gasteiger charge is 2.02. The Kier molecular flexibility index (Phi) is 15.5. The second-order valence-corrected chi connectivity index (χ2v) is 5.81. The van der Waals surface area contributed by atoms with Gasteiger partial charge in [-0.25, -0.2) is 4.79 Å². The number of allylic oxidation sites excluding steroid dienone is 3. The number of aliphatic hydroxyl groups is 1. The summed E-state index contributed by atoms with van der Waals surface area (Å²) in [5, 5.41) is 9.90. The number of carbonyl (C=O) groups is 1. The van der Waals surface area contributed by atoms with Crippen LogP contribution in [0.25, 0.3) is 0 Å². The number of aliphatic hydroxyl groups excluding tert-OH is 1. The van der Waals surface area contributed by atoms with E-state index in [9.17, 15) is 9.90 Å². The van der Waals surface area contributed by atoms with Crippen molar-refractivity contribution in [1.29, 1.82) is 0 Å². The molecular formula is C19H34O3. The van der Waals surface area contributed by atoms with Gasteiger partial charge in [0.1, 0.15) is 0 Å². The molecule has 0 saturated carbocycles. The van der Waals surface area contributed by atoms with Crippen molar-refractivity contribution < 1.29 is 14.6 Å². The molecule has 0 saturated heterocycles. The van der Waals surface area contributed by atoms with Gasteiger partial charge in [-0.15, -0.1) is 0 Å². The van der Waals surface area contributed by atoms with Crippen molar-refractivity contribution in [3.05, 3.63) is 24.3 Å². The van der Waals surface area contributed by atoms with E-state index < -0.39 is 0 Å². The smallest absolute Gasteiger partial charge is 0.330 e. The van der Waals surface area contributed by atoms with Crippen LogP contribution in [-0.4, -0.2) is 24.3 Å². The molecule has 0 fully saturated rings. The molecule has 3 heteroatoms. The van der Waals surface area contributed by atoms with Crippen molar-refractivity contribution in [1.82, 2.24) is 0 Å². The van der Waals surface area contributed by atoms with Gasteiger partial charge in [0, 0.05) is 6.08 Å². The van der Waals surface area contributed by atoms with E-state index in [0.717, 1.165) is 32.1 Å². The first kappa shape index (κ1) is 20.9. The molecule has 1 atom stereocenters. The predicted molar refractivity (Wildman–Crippen MR) is 92.8 cm³/mol. The first-order chi connectivity index (χ1) is 10.7. The lowest BCUT2D eigenvalue weighted by Crippen LogP contribution is -2.05. The summed E-state index contributed by atoms with van der Waals surface area (Å²) in [6.07, 6.45) is 19.5. The van der Waals surface area contributed by atoms with E-state index >= 15 is 0 Å². The van der Waals surface area contributed by atoms with Crippen molar-refractivity contribution in [2.24, 2.45) is 0 Å². The third-order valence-corrected chi connectivity index (χ3v) is 3.73. The molecule has 0 spiro atoms. The highest BCUT2D eigenvalue weighted by Crippen LogP contribution is 2.12. The molecule has 0 radical (unpaired) electrons. The molecule has 0 aliphatic carbocycles. The topological polar surface area (TPSA) is 46.5 Å². The molecule has 0 bridgehead atoms. The van der Waals surface area contributed by atoms with Crippen molar-refractivity contribution >= 4 is 5.97 Å². The SMILES string of the molecule is CCCCCCCCC[C@@H](O)CCCC=CC=CC(=O)OC. The lowest BCUT2D eigenvalue weighted by molar-refractivity contribution is -0.134. The van der Waals surface area contributed by atoms with Gasteiger partial charge in [0.05, 0.1) is 13.2 Å². The summed E-state index contributed by atoms with van der Waals surface area (Å²) in [5.74, 6) is -0.338. The lowest BCUT2D eigenvalue weighted by atomic mass is 10.0. The molecule has 0 aromatic carbocycles. The molecule has 0 aromatic heterocycles. The number of esters is 1. The maximum Gasteiger partial charge on any atom is 0.330 e. The van der Waals surface area contributed by atoms with Crippen LogP contribution in [0.2, 0.25) is 0 Å². The minimum Gasteiger partial charge on any atom is -0.466 e. The normalized spacial score (nSPS) is 13.0. The number of hydrogen-bond acceptors (Lipinski definition) is 3. The average Bonchev–Trinajstić information content (AvgIpc) is 2.52. The van der Waals surface area contributed by atoms with Crippen LogP contribution in [0.1, 0.15) is 77.6 Å². The second-order valence-electron chi connectivity index (χ2n) is 5.81. The van der Waals surface area contributed by atoms with Crippen LogP contribution < -0.4 is 0 Å². The third kappa shape index (κ3) is 15.3. The zero-order valence-electron chi connectivity index (χ0n) is 14.4. The first-order valence-corrected chi connectivity index (χ1v) is 8.80. The van der Waals surface area contributed by atoms with E-state index in [0.29, 0.717) is 0 Å². The molecule has 3 nitrogen and oxygen atoms in total. The molecule has 0 rings (SSSR count).